The Bertz CT molecular complexity index is 642. The van der Waals surface area contributed by atoms with Gasteiger partial charge in [0, 0.05) is 39.1 Å². The largest absolute Gasteiger partial charge is 0.497 e. The quantitative estimate of drug-likeness (QED) is 0.625. The highest BCUT2D eigenvalue weighted by Crippen LogP contribution is 2.15. The Morgan fingerprint density at radius 1 is 1.20 bits per heavy atom. The minimum absolute atomic E-state index is 0.0533. The molecule has 1 aromatic carbocycles. The maximum absolute atomic E-state index is 12.1. The number of nitrogens with one attached hydrogen (secondary N) is 2. The van der Waals surface area contributed by atoms with Crippen LogP contribution in [0.25, 0.3) is 0 Å². The molecule has 25 heavy (non-hydrogen) atoms. The zero-order valence-corrected chi connectivity index (χ0v) is 15.2. The molecule has 1 aliphatic heterocycles. The van der Waals surface area contributed by atoms with Gasteiger partial charge < -0.3 is 14.8 Å². The van der Waals surface area contributed by atoms with Crippen molar-refractivity contribution in [3.05, 3.63) is 24.3 Å². The lowest BCUT2D eigenvalue weighted by atomic mass is 10.3. The van der Waals surface area contributed by atoms with Crippen molar-refractivity contribution >= 4 is 15.9 Å². The Labute approximate surface area is 148 Å². The van der Waals surface area contributed by atoms with Crippen LogP contribution in [0.15, 0.2) is 29.2 Å². The number of hydrogen-bond donors (Lipinski definition) is 2. The fraction of sp³-hybridized carbons (Fsp3) is 0.562. The lowest BCUT2D eigenvalue weighted by Gasteiger charge is -2.26. The lowest BCUT2D eigenvalue weighted by Crippen LogP contribution is -2.41. The van der Waals surface area contributed by atoms with Crippen LogP contribution >= 0.6 is 0 Å². The normalized spacial score (nSPS) is 15.7. The summed E-state index contributed by atoms with van der Waals surface area (Å²) in [6.07, 6.45) is 0.0957. The molecule has 0 bridgehead atoms. The van der Waals surface area contributed by atoms with E-state index in [0.29, 0.717) is 12.3 Å². The lowest BCUT2D eigenvalue weighted by molar-refractivity contribution is -0.121. The Hall–Kier alpha value is -1.68. The average Bonchev–Trinajstić information content (AvgIpc) is 2.62. The van der Waals surface area contributed by atoms with E-state index in [0.717, 1.165) is 32.8 Å². The van der Waals surface area contributed by atoms with Gasteiger partial charge in [-0.15, -0.1) is 0 Å². The van der Waals surface area contributed by atoms with Crippen molar-refractivity contribution in [2.75, 3.05) is 53.0 Å². The van der Waals surface area contributed by atoms with Gasteiger partial charge in [0.05, 0.1) is 25.2 Å². The number of benzene rings is 1. The third kappa shape index (κ3) is 6.62. The molecule has 0 spiro atoms. The summed E-state index contributed by atoms with van der Waals surface area (Å²) < 4.78 is 36.9. The standard InChI is InChI=1S/C16H25N3O5S/c1-23-14-2-4-15(5-3-14)25(21,22)18-7-6-16(20)17-8-9-19-10-12-24-13-11-19/h2-5,18H,6-13H2,1H3,(H,17,20). The van der Waals surface area contributed by atoms with E-state index in [1.165, 1.54) is 19.2 Å². The molecule has 8 nitrogen and oxygen atoms in total. The summed E-state index contributed by atoms with van der Waals surface area (Å²) in [6.45, 7) is 4.56. The van der Waals surface area contributed by atoms with E-state index in [1.54, 1.807) is 12.1 Å². The van der Waals surface area contributed by atoms with Crippen LogP contribution in [0.2, 0.25) is 0 Å². The first-order valence-electron chi connectivity index (χ1n) is 8.22. The Balaban J connectivity index is 1.66. The number of morpholine rings is 1. The van der Waals surface area contributed by atoms with Gasteiger partial charge in [-0.25, -0.2) is 13.1 Å². The summed E-state index contributed by atoms with van der Waals surface area (Å²) in [6, 6.07) is 6.08. The van der Waals surface area contributed by atoms with Crippen molar-refractivity contribution in [1.82, 2.24) is 14.9 Å². The van der Waals surface area contributed by atoms with Crippen LogP contribution in [0.4, 0.5) is 0 Å². The van der Waals surface area contributed by atoms with E-state index in [1.807, 2.05) is 0 Å². The number of nitrogens with zero attached hydrogens (tertiary/aromatic N) is 1. The van der Waals surface area contributed by atoms with E-state index < -0.39 is 10.0 Å². The van der Waals surface area contributed by atoms with Crippen molar-refractivity contribution < 1.29 is 22.7 Å². The van der Waals surface area contributed by atoms with Gasteiger partial charge in [0.15, 0.2) is 0 Å². The second-order valence-electron chi connectivity index (χ2n) is 5.63. The predicted molar refractivity (Wildman–Crippen MR) is 93.1 cm³/mol. The van der Waals surface area contributed by atoms with E-state index in [9.17, 15) is 13.2 Å². The van der Waals surface area contributed by atoms with Gasteiger partial charge in [0.25, 0.3) is 0 Å². The van der Waals surface area contributed by atoms with Gasteiger partial charge >= 0.3 is 0 Å². The maximum Gasteiger partial charge on any atom is 0.240 e. The first kappa shape index (κ1) is 19.6. The van der Waals surface area contributed by atoms with Crippen LogP contribution in [-0.2, 0) is 19.6 Å². The van der Waals surface area contributed by atoms with Crippen molar-refractivity contribution in [2.45, 2.75) is 11.3 Å². The summed E-state index contributed by atoms with van der Waals surface area (Å²) in [5.41, 5.74) is 0. The first-order chi connectivity index (χ1) is 12.0. The molecular weight excluding hydrogens is 346 g/mol. The minimum atomic E-state index is -3.63. The molecule has 9 heteroatoms. The zero-order valence-electron chi connectivity index (χ0n) is 14.4. The van der Waals surface area contributed by atoms with E-state index in [4.69, 9.17) is 9.47 Å². The molecule has 0 radical (unpaired) electrons. The number of amides is 1. The number of carbonyl (C=O) groups excluding carboxylic acids is 1. The Kier molecular flexibility index (Phi) is 7.63. The third-order valence-electron chi connectivity index (χ3n) is 3.87. The molecule has 0 unspecified atom stereocenters. The van der Waals surface area contributed by atoms with Crippen molar-refractivity contribution in [1.29, 1.82) is 0 Å². The van der Waals surface area contributed by atoms with Crippen molar-refractivity contribution in [3.8, 4) is 5.75 Å². The molecule has 1 fully saturated rings. The number of sulfonamides is 1. The van der Waals surface area contributed by atoms with Crippen LogP contribution in [-0.4, -0.2) is 72.3 Å². The van der Waals surface area contributed by atoms with Gasteiger partial charge in [0.1, 0.15) is 5.75 Å². The zero-order chi connectivity index (χ0) is 18.1. The second kappa shape index (κ2) is 9.71. The molecule has 2 N–H and O–H groups in total. The summed E-state index contributed by atoms with van der Waals surface area (Å²) in [7, 11) is -2.11. The highest BCUT2D eigenvalue weighted by Gasteiger charge is 2.14. The summed E-state index contributed by atoms with van der Waals surface area (Å²) in [5, 5.41) is 2.80. The molecule has 1 aromatic rings. The SMILES string of the molecule is COc1ccc(S(=O)(=O)NCCC(=O)NCCN2CCOCC2)cc1. The molecule has 1 heterocycles. The molecule has 0 aromatic heterocycles. The van der Waals surface area contributed by atoms with Gasteiger partial charge in [-0.2, -0.15) is 0 Å². The van der Waals surface area contributed by atoms with Crippen LogP contribution in [0.3, 0.4) is 0 Å². The van der Waals surface area contributed by atoms with Crippen molar-refractivity contribution in [3.63, 3.8) is 0 Å². The van der Waals surface area contributed by atoms with Crippen molar-refractivity contribution in [2.24, 2.45) is 0 Å². The number of hydrogen-bond acceptors (Lipinski definition) is 6. The monoisotopic (exact) mass is 371 g/mol. The maximum atomic E-state index is 12.1. The van der Waals surface area contributed by atoms with E-state index in [2.05, 4.69) is 14.9 Å². The fourth-order valence-corrected chi connectivity index (χ4v) is 3.44. The summed E-state index contributed by atoms with van der Waals surface area (Å²) >= 11 is 0. The number of methoxy groups -OCH3 is 1. The van der Waals surface area contributed by atoms with E-state index in [-0.39, 0.29) is 23.8 Å². The van der Waals surface area contributed by atoms with Crippen LogP contribution in [0, 0.1) is 0 Å². The predicted octanol–water partition coefficient (Wildman–Crippen LogP) is -0.188. The highest BCUT2D eigenvalue weighted by molar-refractivity contribution is 7.89. The Morgan fingerprint density at radius 2 is 1.88 bits per heavy atom. The topological polar surface area (TPSA) is 97.0 Å². The molecule has 1 amide bonds. The van der Waals surface area contributed by atoms with Gasteiger partial charge in [-0.3, -0.25) is 9.69 Å². The fourth-order valence-electron chi connectivity index (χ4n) is 2.40. The molecule has 0 aliphatic carbocycles. The van der Waals surface area contributed by atoms with Gasteiger partial charge in [0.2, 0.25) is 15.9 Å². The summed E-state index contributed by atoms with van der Waals surface area (Å²) in [5.74, 6) is 0.407. The van der Waals surface area contributed by atoms with Crippen LogP contribution in [0.5, 0.6) is 5.75 Å². The number of rotatable bonds is 9. The molecule has 1 aliphatic rings. The van der Waals surface area contributed by atoms with E-state index >= 15 is 0 Å². The summed E-state index contributed by atoms with van der Waals surface area (Å²) in [4.78, 5) is 14.1. The number of carbonyl (C=O) groups is 1. The molecule has 2 rings (SSSR count). The molecule has 0 atom stereocenters. The first-order valence-corrected chi connectivity index (χ1v) is 9.70. The minimum Gasteiger partial charge on any atom is -0.497 e. The van der Waals surface area contributed by atoms with Crippen LogP contribution < -0.4 is 14.8 Å². The Morgan fingerprint density at radius 3 is 2.52 bits per heavy atom. The third-order valence-corrected chi connectivity index (χ3v) is 5.34. The number of ether oxygens (including phenoxy) is 2. The smallest absolute Gasteiger partial charge is 0.240 e. The molecular formula is C16H25N3O5S. The molecule has 140 valence electrons. The van der Waals surface area contributed by atoms with Gasteiger partial charge in [-0.1, -0.05) is 0 Å². The second-order valence-corrected chi connectivity index (χ2v) is 7.39. The average molecular weight is 371 g/mol. The van der Waals surface area contributed by atoms with Gasteiger partial charge in [-0.05, 0) is 24.3 Å². The highest BCUT2D eigenvalue weighted by atomic mass is 32.2. The molecule has 0 saturated carbocycles. The van der Waals surface area contributed by atoms with Crippen LogP contribution in [0.1, 0.15) is 6.42 Å². The molecule has 1 saturated heterocycles.